The number of amides is 1. The summed E-state index contributed by atoms with van der Waals surface area (Å²) in [6.07, 6.45) is 7.40. The van der Waals surface area contributed by atoms with Gasteiger partial charge >= 0.3 is 0 Å². The van der Waals surface area contributed by atoms with Crippen molar-refractivity contribution < 1.29 is 14.3 Å². The second kappa shape index (κ2) is 9.49. The number of hydrogen-bond donors (Lipinski definition) is 2. The second-order valence-electron chi connectivity index (χ2n) is 8.23. The summed E-state index contributed by atoms with van der Waals surface area (Å²) in [7, 11) is 0. The zero-order valence-electron chi connectivity index (χ0n) is 18.4. The number of nitrogens with zero attached hydrogens (tertiary/aromatic N) is 4. The third kappa shape index (κ3) is 4.65. The molecule has 1 saturated heterocycles. The Labute approximate surface area is 186 Å². The molecular formula is C23H28N6O3. The first-order valence-corrected chi connectivity index (χ1v) is 11.1. The van der Waals surface area contributed by atoms with Crippen LogP contribution in [0.3, 0.4) is 0 Å². The molecule has 1 aliphatic heterocycles. The summed E-state index contributed by atoms with van der Waals surface area (Å²) in [6, 6.07) is 0. The van der Waals surface area contributed by atoms with Crippen LogP contribution in [0.2, 0.25) is 0 Å². The Kier molecular flexibility index (Phi) is 6.51. The molecule has 0 saturated carbocycles. The van der Waals surface area contributed by atoms with Gasteiger partial charge in [0.25, 0.3) is 0 Å². The lowest BCUT2D eigenvalue weighted by Gasteiger charge is -2.18. The van der Waals surface area contributed by atoms with Gasteiger partial charge in [-0.1, -0.05) is 17.6 Å². The largest absolute Gasteiger partial charge is 0.382 e. The van der Waals surface area contributed by atoms with Crippen LogP contribution in [0.5, 0.6) is 0 Å². The number of Topliss-reactive ketones (excluding diaryl/α,β-unsaturated/α-hetero) is 1. The van der Waals surface area contributed by atoms with Crippen LogP contribution < -0.4 is 11.1 Å². The van der Waals surface area contributed by atoms with Crippen LogP contribution in [0.1, 0.15) is 64.4 Å². The van der Waals surface area contributed by atoms with E-state index in [1.807, 2.05) is 6.92 Å². The van der Waals surface area contributed by atoms with E-state index in [1.54, 1.807) is 17.8 Å². The molecule has 168 valence electrons. The molecule has 1 fully saturated rings. The number of hydrogen-bond acceptors (Lipinski definition) is 7. The number of anilines is 1. The highest BCUT2D eigenvalue weighted by Crippen LogP contribution is 2.31. The summed E-state index contributed by atoms with van der Waals surface area (Å²) in [4.78, 5) is 36.8. The predicted octanol–water partition coefficient (Wildman–Crippen LogP) is 2.28. The van der Waals surface area contributed by atoms with Gasteiger partial charge in [0, 0.05) is 18.9 Å². The number of likely N-dealkylation sites (N-methyl/N-ethyl adjacent to an activating group) is 1. The van der Waals surface area contributed by atoms with Gasteiger partial charge in [-0.25, -0.2) is 15.0 Å². The number of carbonyl (C=O) groups excluding carboxylic acids is 2. The van der Waals surface area contributed by atoms with E-state index in [-0.39, 0.29) is 29.7 Å². The van der Waals surface area contributed by atoms with E-state index in [2.05, 4.69) is 38.2 Å². The van der Waals surface area contributed by atoms with Gasteiger partial charge in [-0.05, 0) is 51.9 Å². The number of fused-ring (bicyclic) bond motifs is 1. The van der Waals surface area contributed by atoms with Crippen LogP contribution in [-0.2, 0) is 14.3 Å². The Bertz CT molecular complexity index is 1130. The fourth-order valence-corrected chi connectivity index (χ4v) is 4.17. The van der Waals surface area contributed by atoms with Crippen LogP contribution in [0.4, 0.5) is 5.82 Å². The Morgan fingerprint density at radius 3 is 2.88 bits per heavy atom. The average molecular weight is 437 g/mol. The monoisotopic (exact) mass is 436 g/mol. The number of aromatic nitrogens is 4. The molecular weight excluding hydrogens is 408 g/mol. The maximum atomic E-state index is 12.1. The van der Waals surface area contributed by atoms with Crippen molar-refractivity contribution >= 4 is 28.7 Å². The minimum atomic E-state index is -0.484. The summed E-state index contributed by atoms with van der Waals surface area (Å²) in [6.45, 7) is 4.10. The molecule has 3 heterocycles. The maximum absolute atomic E-state index is 12.1. The van der Waals surface area contributed by atoms with Crippen LogP contribution in [-0.4, -0.2) is 43.9 Å². The van der Waals surface area contributed by atoms with Crippen molar-refractivity contribution in [1.29, 1.82) is 0 Å². The number of imidazole rings is 1. The summed E-state index contributed by atoms with van der Waals surface area (Å²) < 4.78 is 7.73. The van der Waals surface area contributed by atoms with E-state index in [0.717, 1.165) is 19.3 Å². The molecule has 0 spiro atoms. The molecule has 9 nitrogen and oxygen atoms in total. The highest BCUT2D eigenvalue weighted by molar-refractivity contribution is 5.82. The second-order valence-corrected chi connectivity index (χ2v) is 8.23. The standard InChI is InChI=1S/C23H28N6O3/c1-3-25-23(31)17-11-12-19(32-17)29-13-26-20-21(24)27-18(28-22(20)29)6-4-5-15-7-9-16(10-8-15)14(2)30/h7,13,16-17,19H,3,5,8-12H2,1-2H3,(H,25,31)(H2,24,27,28)/t16-,17+,19-/m1/s1. The Balaban J connectivity index is 1.49. The molecule has 3 N–H and O–H groups in total. The highest BCUT2D eigenvalue weighted by atomic mass is 16.5. The van der Waals surface area contributed by atoms with Gasteiger partial charge in [-0.2, -0.15) is 0 Å². The lowest BCUT2D eigenvalue weighted by Crippen LogP contribution is -2.34. The van der Waals surface area contributed by atoms with Crippen molar-refractivity contribution in [2.24, 2.45) is 5.92 Å². The predicted molar refractivity (Wildman–Crippen MR) is 119 cm³/mol. The van der Waals surface area contributed by atoms with Crippen molar-refractivity contribution in [3.05, 3.63) is 23.8 Å². The van der Waals surface area contributed by atoms with Gasteiger partial charge in [-0.15, -0.1) is 0 Å². The maximum Gasteiger partial charge on any atom is 0.249 e. The molecule has 4 rings (SSSR count). The smallest absolute Gasteiger partial charge is 0.249 e. The zero-order valence-corrected chi connectivity index (χ0v) is 18.4. The SMILES string of the molecule is CCNC(=O)[C@@H]1CC[C@H](n2cnc3c(N)nc(C#CCC4=CC[C@@H](C(C)=O)CC4)nc32)O1. The first kappa shape index (κ1) is 22.0. The van der Waals surface area contributed by atoms with E-state index < -0.39 is 6.10 Å². The van der Waals surface area contributed by atoms with Crippen molar-refractivity contribution in [3.8, 4) is 11.8 Å². The van der Waals surface area contributed by atoms with Gasteiger partial charge in [0.15, 0.2) is 11.5 Å². The molecule has 1 aliphatic carbocycles. The highest BCUT2D eigenvalue weighted by Gasteiger charge is 2.32. The number of nitrogens with two attached hydrogens (primary N) is 1. The number of ketones is 1. The van der Waals surface area contributed by atoms with Crippen molar-refractivity contribution in [3.63, 3.8) is 0 Å². The number of nitrogens with one attached hydrogen (secondary N) is 1. The number of ether oxygens (including phenoxy) is 1. The van der Waals surface area contributed by atoms with Gasteiger partial charge in [0.1, 0.15) is 23.6 Å². The molecule has 32 heavy (non-hydrogen) atoms. The molecule has 2 aromatic heterocycles. The van der Waals surface area contributed by atoms with E-state index in [9.17, 15) is 9.59 Å². The zero-order chi connectivity index (χ0) is 22.7. The van der Waals surface area contributed by atoms with E-state index in [0.29, 0.717) is 42.8 Å². The fraction of sp³-hybridized carbons (Fsp3) is 0.522. The quantitative estimate of drug-likeness (QED) is 0.544. The van der Waals surface area contributed by atoms with E-state index >= 15 is 0 Å². The Morgan fingerprint density at radius 1 is 1.31 bits per heavy atom. The van der Waals surface area contributed by atoms with Crippen LogP contribution in [0.25, 0.3) is 11.2 Å². The Hall–Kier alpha value is -3.25. The van der Waals surface area contributed by atoms with Crippen molar-refractivity contribution in [1.82, 2.24) is 24.8 Å². The first-order valence-electron chi connectivity index (χ1n) is 11.1. The average Bonchev–Trinajstić information content (AvgIpc) is 3.42. The normalized spacial score (nSPS) is 22.8. The number of rotatable bonds is 5. The molecule has 1 amide bonds. The minimum absolute atomic E-state index is 0.105. The molecule has 2 aliphatic rings. The third-order valence-electron chi connectivity index (χ3n) is 5.99. The topological polar surface area (TPSA) is 125 Å². The van der Waals surface area contributed by atoms with Crippen LogP contribution in [0, 0.1) is 17.8 Å². The lowest BCUT2D eigenvalue weighted by atomic mass is 9.86. The number of carbonyl (C=O) groups is 2. The third-order valence-corrected chi connectivity index (χ3v) is 5.99. The molecule has 0 bridgehead atoms. The van der Waals surface area contributed by atoms with Crippen LogP contribution >= 0.6 is 0 Å². The van der Waals surface area contributed by atoms with Gasteiger partial charge < -0.3 is 15.8 Å². The molecule has 0 radical (unpaired) electrons. The van der Waals surface area contributed by atoms with Gasteiger partial charge in [-0.3, -0.25) is 14.2 Å². The van der Waals surface area contributed by atoms with Crippen LogP contribution in [0.15, 0.2) is 18.0 Å². The lowest BCUT2D eigenvalue weighted by molar-refractivity contribution is -0.133. The minimum Gasteiger partial charge on any atom is -0.382 e. The molecule has 3 atom stereocenters. The molecule has 9 heteroatoms. The van der Waals surface area contributed by atoms with Gasteiger partial charge in [0.05, 0.1) is 6.33 Å². The number of allylic oxidation sites excluding steroid dienone is 2. The van der Waals surface area contributed by atoms with Gasteiger partial charge in [0.2, 0.25) is 11.7 Å². The van der Waals surface area contributed by atoms with E-state index in [1.165, 1.54) is 5.57 Å². The first-order chi connectivity index (χ1) is 15.5. The molecule has 2 aromatic rings. The van der Waals surface area contributed by atoms with E-state index in [4.69, 9.17) is 10.5 Å². The van der Waals surface area contributed by atoms with Crippen molar-refractivity contribution in [2.75, 3.05) is 12.3 Å². The van der Waals surface area contributed by atoms with Crippen molar-refractivity contribution in [2.45, 2.75) is 64.7 Å². The summed E-state index contributed by atoms with van der Waals surface area (Å²) in [5.74, 6) is 7.01. The fourth-order valence-electron chi connectivity index (χ4n) is 4.17. The summed E-state index contributed by atoms with van der Waals surface area (Å²) in [5.41, 5.74) is 8.38. The summed E-state index contributed by atoms with van der Waals surface area (Å²) in [5, 5.41) is 2.79. The summed E-state index contributed by atoms with van der Waals surface area (Å²) >= 11 is 0. The Morgan fingerprint density at radius 2 is 2.16 bits per heavy atom. The molecule has 0 aromatic carbocycles. The number of nitrogen functional groups attached to an aromatic ring is 1. The molecule has 0 unspecified atom stereocenters.